The van der Waals surface area contributed by atoms with Crippen LogP contribution < -0.4 is 4.90 Å². The summed E-state index contributed by atoms with van der Waals surface area (Å²) in [6.45, 7) is 25.6. The molecule has 0 fully saturated rings. The van der Waals surface area contributed by atoms with Gasteiger partial charge in [0.1, 0.15) is 11.5 Å². The summed E-state index contributed by atoms with van der Waals surface area (Å²) in [5.41, 5.74) is 5.06. The van der Waals surface area contributed by atoms with Crippen molar-refractivity contribution in [2.24, 2.45) is 0 Å². The van der Waals surface area contributed by atoms with Gasteiger partial charge in [0.2, 0.25) is 0 Å². The second-order valence-electron chi connectivity index (χ2n) is 13.3. The van der Waals surface area contributed by atoms with Gasteiger partial charge in [0.25, 0.3) is 0 Å². The molecular weight excluding hydrogens is 394 g/mol. The lowest BCUT2D eigenvalue weighted by molar-refractivity contribution is 0.423. The van der Waals surface area contributed by atoms with E-state index in [4.69, 9.17) is 0 Å². The van der Waals surface area contributed by atoms with E-state index >= 15 is 0 Å². The summed E-state index contributed by atoms with van der Waals surface area (Å²) in [7, 11) is 2.07. The van der Waals surface area contributed by atoms with Crippen molar-refractivity contribution in [2.75, 3.05) is 11.9 Å². The molecule has 3 heteroatoms. The first-order valence-corrected chi connectivity index (χ1v) is 11.7. The number of aromatic hydroxyl groups is 2. The predicted molar refractivity (Wildman–Crippen MR) is 139 cm³/mol. The van der Waals surface area contributed by atoms with Crippen molar-refractivity contribution in [1.82, 2.24) is 0 Å². The molecule has 0 atom stereocenters. The van der Waals surface area contributed by atoms with E-state index in [1.165, 1.54) is 0 Å². The van der Waals surface area contributed by atoms with Gasteiger partial charge < -0.3 is 15.1 Å². The number of phenols is 2. The zero-order valence-electron chi connectivity index (χ0n) is 22.7. The summed E-state index contributed by atoms with van der Waals surface area (Å²) in [5, 5.41) is 22.2. The predicted octanol–water partition coefficient (Wildman–Crippen LogP) is 8.06. The van der Waals surface area contributed by atoms with E-state index in [1.807, 2.05) is 0 Å². The van der Waals surface area contributed by atoms with Crippen LogP contribution in [0.4, 0.5) is 11.4 Å². The Kier molecular flexibility index (Phi) is 6.53. The van der Waals surface area contributed by atoms with E-state index in [0.717, 1.165) is 33.6 Å². The molecular formula is C29H45NO2. The van der Waals surface area contributed by atoms with Crippen LogP contribution in [0.5, 0.6) is 11.5 Å². The number of phenolic OH excluding ortho intramolecular Hbond substituents is 2. The van der Waals surface area contributed by atoms with Crippen molar-refractivity contribution >= 4 is 11.4 Å². The summed E-state index contributed by atoms with van der Waals surface area (Å²) >= 11 is 0. The van der Waals surface area contributed by atoms with Gasteiger partial charge in [-0.3, -0.25) is 0 Å². The minimum atomic E-state index is -0.191. The molecule has 2 aromatic rings. The third-order valence-electron chi connectivity index (χ3n) is 6.20. The number of hydrogen-bond acceptors (Lipinski definition) is 3. The fourth-order valence-corrected chi connectivity index (χ4v) is 4.06. The molecule has 0 aliphatic carbocycles. The van der Waals surface area contributed by atoms with Crippen LogP contribution >= 0.6 is 0 Å². The molecule has 178 valence electrons. The Balaban J connectivity index is 2.84. The molecule has 0 spiro atoms. The van der Waals surface area contributed by atoms with Crippen LogP contribution in [0.1, 0.15) is 105 Å². The number of benzene rings is 2. The lowest BCUT2D eigenvalue weighted by atomic mass is 9.78. The van der Waals surface area contributed by atoms with Gasteiger partial charge in [-0.1, -0.05) is 83.1 Å². The minimum Gasteiger partial charge on any atom is -0.507 e. The first-order valence-electron chi connectivity index (χ1n) is 11.7. The van der Waals surface area contributed by atoms with Crippen molar-refractivity contribution in [3.05, 3.63) is 46.5 Å². The molecule has 3 nitrogen and oxygen atoms in total. The van der Waals surface area contributed by atoms with Gasteiger partial charge >= 0.3 is 0 Å². The molecule has 0 radical (unpaired) electrons. The maximum Gasteiger partial charge on any atom is 0.123 e. The van der Waals surface area contributed by atoms with Gasteiger partial charge in [0.15, 0.2) is 0 Å². The fourth-order valence-electron chi connectivity index (χ4n) is 4.06. The Morgan fingerprint density at radius 3 is 0.812 bits per heavy atom. The summed E-state index contributed by atoms with van der Waals surface area (Å²) in [5.74, 6) is 0.775. The van der Waals surface area contributed by atoms with Crippen molar-refractivity contribution in [1.29, 1.82) is 0 Å². The third kappa shape index (κ3) is 5.24. The van der Waals surface area contributed by atoms with Crippen LogP contribution in [0, 0.1) is 0 Å². The van der Waals surface area contributed by atoms with Gasteiger partial charge in [-0.25, -0.2) is 0 Å². The van der Waals surface area contributed by atoms with Gasteiger partial charge in [-0.05, 0) is 45.9 Å². The highest BCUT2D eigenvalue weighted by Gasteiger charge is 2.30. The number of rotatable bonds is 2. The van der Waals surface area contributed by atoms with Crippen molar-refractivity contribution in [3.63, 3.8) is 0 Å². The molecule has 0 unspecified atom stereocenters. The molecule has 0 aliphatic rings. The number of anilines is 2. The monoisotopic (exact) mass is 439 g/mol. The molecule has 0 heterocycles. The topological polar surface area (TPSA) is 43.7 Å². The lowest BCUT2D eigenvalue weighted by Gasteiger charge is -2.33. The van der Waals surface area contributed by atoms with Crippen LogP contribution in [0.15, 0.2) is 24.3 Å². The second-order valence-corrected chi connectivity index (χ2v) is 13.3. The highest BCUT2D eigenvalue weighted by Crippen LogP contribution is 2.45. The highest BCUT2D eigenvalue weighted by atomic mass is 16.3. The molecule has 2 aromatic carbocycles. The smallest absolute Gasteiger partial charge is 0.123 e. The molecule has 0 saturated heterocycles. The molecule has 32 heavy (non-hydrogen) atoms. The molecule has 0 saturated carbocycles. The second kappa shape index (κ2) is 8.01. The summed E-state index contributed by atoms with van der Waals surface area (Å²) in [6.07, 6.45) is 0. The summed E-state index contributed by atoms with van der Waals surface area (Å²) < 4.78 is 0. The first-order chi connectivity index (χ1) is 14.2. The first kappa shape index (κ1) is 26.1. The molecule has 2 N–H and O–H groups in total. The number of hydrogen-bond donors (Lipinski definition) is 2. The van der Waals surface area contributed by atoms with Crippen LogP contribution in [-0.4, -0.2) is 17.3 Å². The van der Waals surface area contributed by atoms with E-state index in [1.54, 1.807) is 0 Å². The SMILES string of the molecule is CN(c1cc(C(C)(C)C)c(O)c(C(C)(C)C)c1)c1cc(C(C)(C)C)c(O)c(C(C)(C)C)c1. The van der Waals surface area contributed by atoms with Crippen LogP contribution in [-0.2, 0) is 21.7 Å². The van der Waals surface area contributed by atoms with E-state index in [-0.39, 0.29) is 21.7 Å². The minimum absolute atomic E-state index is 0.191. The largest absolute Gasteiger partial charge is 0.507 e. The van der Waals surface area contributed by atoms with Crippen molar-refractivity contribution in [2.45, 2.75) is 105 Å². The van der Waals surface area contributed by atoms with Crippen LogP contribution in [0.2, 0.25) is 0 Å². The molecule has 0 bridgehead atoms. The van der Waals surface area contributed by atoms with Gasteiger partial charge in [0, 0.05) is 40.7 Å². The Morgan fingerprint density at radius 2 is 0.656 bits per heavy atom. The van der Waals surface area contributed by atoms with E-state index < -0.39 is 0 Å². The van der Waals surface area contributed by atoms with Crippen LogP contribution in [0.3, 0.4) is 0 Å². The summed E-state index contributed by atoms with van der Waals surface area (Å²) in [4.78, 5) is 2.17. The standard InChI is InChI=1S/C29H45NO2/c1-26(2,3)20-14-18(15-21(24(20)31)27(4,5)6)30(13)19-16-22(28(7,8)9)25(32)23(17-19)29(10,11)12/h14-17,31-32H,1-13H3. The van der Waals surface area contributed by atoms with E-state index in [0.29, 0.717) is 11.5 Å². The quantitative estimate of drug-likeness (QED) is 0.497. The van der Waals surface area contributed by atoms with Gasteiger partial charge in [-0.15, -0.1) is 0 Å². The average Bonchev–Trinajstić information content (AvgIpc) is 2.57. The lowest BCUT2D eigenvalue weighted by Crippen LogP contribution is -2.21. The van der Waals surface area contributed by atoms with Crippen molar-refractivity contribution in [3.8, 4) is 11.5 Å². The Hall–Kier alpha value is -2.16. The third-order valence-corrected chi connectivity index (χ3v) is 6.20. The average molecular weight is 440 g/mol. The molecule has 0 aromatic heterocycles. The zero-order chi connectivity index (χ0) is 25.0. The molecule has 2 rings (SSSR count). The maximum absolute atomic E-state index is 11.1. The molecule has 0 amide bonds. The Bertz CT molecular complexity index is 838. The highest BCUT2D eigenvalue weighted by molar-refractivity contribution is 5.70. The van der Waals surface area contributed by atoms with Gasteiger partial charge in [-0.2, -0.15) is 0 Å². The van der Waals surface area contributed by atoms with Crippen LogP contribution in [0.25, 0.3) is 0 Å². The zero-order valence-corrected chi connectivity index (χ0v) is 22.7. The van der Waals surface area contributed by atoms with Gasteiger partial charge in [0.05, 0.1) is 0 Å². The normalized spacial score (nSPS) is 13.4. The Morgan fingerprint density at radius 1 is 0.469 bits per heavy atom. The molecule has 0 aliphatic heterocycles. The fraction of sp³-hybridized carbons (Fsp3) is 0.586. The Labute approximate surface area is 196 Å². The number of nitrogens with zero attached hydrogens (tertiary/aromatic N) is 1. The van der Waals surface area contributed by atoms with Crippen molar-refractivity contribution < 1.29 is 10.2 Å². The van der Waals surface area contributed by atoms with E-state index in [2.05, 4.69) is 119 Å². The summed E-state index contributed by atoms with van der Waals surface area (Å²) in [6, 6.07) is 8.41. The van der Waals surface area contributed by atoms with E-state index in [9.17, 15) is 10.2 Å². The maximum atomic E-state index is 11.1.